The van der Waals surface area contributed by atoms with Crippen molar-refractivity contribution >= 4 is 16.6 Å². The first-order chi connectivity index (χ1) is 13.2. The molecule has 3 fully saturated rings. The van der Waals surface area contributed by atoms with Crippen LogP contribution >= 0.6 is 0 Å². The number of terminal acetylenes is 1. The van der Waals surface area contributed by atoms with Crippen molar-refractivity contribution in [2.45, 2.75) is 25.0 Å². The van der Waals surface area contributed by atoms with E-state index in [1.54, 1.807) is 13.3 Å². The second kappa shape index (κ2) is 7.55. The Hall–Kier alpha value is -2.62. The van der Waals surface area contributed by atoms with Crippen LogP contribution < -0.4 is 4.74 Å². The average molecular weight is 365 g/mol. The van der Waals surface area contributed by atoms with Crippen molar-refractivity contribution in [2.75, 3.05) is 26.8 Å². The van der Waals surface area contributed by atoms with Crippen LogP contribution in [0.15, 0.2) is 35.6 Å². The Labute approximate surface area is 158 Å². The second-order valence-electron chi connectivity index (χ2n) is 7.05. The monoisotopic (exact) mass is 365 g/mol. The van der Waals surface area contributed by atoms with E-state index >= 15 is 0 Å². The molecule has 0 aliphatic carbocycles. The van der Waals surface area contributed by atoms with Crippen molar-refractivity contribution in [1.29, 1.82) is 0 Å². The van der Waals surface area contributed by atoms with Crippen LogP contribution in [-0.2, 0) is 4.84 Å². The molecule has 6 heteroatoms. The highest BCUT2D eigenvalue weighted by atomic mass is 16.6. The highest BCUT2D eigenvalue weighted by Crippen LogP contribution is 2.38. The van der Waals surface area contributed by atoms with Gasteiger partial charge in [-0.15, -0.1) is 6.42 Å². The first kappa shape index (κ1) is 17.8. The lowest BCUT2D eigenvalue weighted by Gasteiger charge is -2.47. The number of piperidine rings is 3. The number of aliphatic hydroxyl groups excluding tert-OH is 1. The molecule has 0 saturated carbocycles. The minimum atomic E-state index is -0.599. The molecule has 4 heterocycles. The Kier molecular flexibility index (Phi) is 4.97. The summed E-state index contributed by atoms with van der Waals surface area (Å²) in [6.45, 7) is 1.85. The number of hydrogen-bond acceptors (Lipinski definition) is 6. The predicted octanol–water partition coefficient (Wildman–Crippen LogP) is 2.38. The van der Waals surface area contributed by atoms with Crippen LogP contribution in [0, 0.1) is 18.3 Å². The summed E-state index contributed by atoms with van der Waals surface area (Å²) < 4.78 is 5.35. The van der Waals surface area contributed by atoms with Crippen molar-refractivity contribution in [3.05, 3.63) is 36.0 Å². The van der Waals surface area contributed by atoms with Gasteiger partial charge in [0.25, 0.3) is 0 Å². The van der Waals surface area contributed by atoms with E-state index in [-0.39, 0.29) is 12.6 Å². The molecule has 27 heavy (non-hydrogen) atoms. The number of fused-ring (bicyclic) bond motifs is 4. The molecule has 0 amide bonds. The van der Waals surface area contributed by atoms with Gasteiger partial charge in [0.2, 0.25) is 0 Å². The minimum absolute atomic E-state index is 0.0483. The van der Waals surface area contributed by atoms with Crippen molar-refractivity contribution in [3.8, 4) is 18.1 Å². The number of aromatic nitrogens is 1. The van der Waals surface area contributed by atoms with Gasteiger partial charge >= 0.3 is 0 Å². The number of nitrogens with zero attached hydrogens (tertiary/aromatic N) is 3. The summed E-state index contributed by atoms with van der Waals surface area (Å²) in [6, 6.07) is 7.70. The SMILES string of the molecule is C#CCON=C1CN2CC[C@H]1C[C@H]2[C@H](O)c1ccnc2ccc(OC)cc12. The third-order valence-corrected chi connectivity index (χ3v) is 5.59. The summed E-state index contributed by atoms with van der Waals surface area (Å²) in [5, 5.41) is 16.4. The van der Waals surface area contributed by atoms with Crippen molar-refractivity contribution in [1.82, 2.24) is 9.88 Å². The van der Waals surface area contributed by atoms with Gasteiger partial charge in [0.05, 0.1) is 24.4 Å². The third-order valence-electron chi connectivity index (χ3n) is 5.59. The lowest BCUT2D eigenvalue weighted by atomic mass is 9.78. The molecule has 4 atom stereocenters. The van der Waals surface area contributed by atoms with E-state index in [9.17, 15) is 5.11 Å². The highest BCUT2D eigenvalue weighted by Gasteiger charge is 2.42. The van der Waals surface area contributed by atoms with Crippen LogP contribution in [0.2, 0.25) is 0 Å². The molecular formula is C21H23N3O3. The van der Waals surface area contributed by atoms with E-state index in [4.69, 9.17) is 16.0 Å². The molecule has 3 aliphatic heterocycles. The van der Waals surface area contributed by atoms with Crippen LogP contribution in [0.3, 0.4) is 0 Å². The number of ether oxygens (including phenoxy) is 1. The van der Waals surface area contributed by atoms with Crippen LogP contribution in [0.25, 0.3) is 10.9 Å². The van der Waals surface area contributed by atoms with Gasteiger partial charge in [-0.25, -0.2) is 0 Å². The molecule has 1 aromatic heterocycles. The first-order valence-corrected chi connectivity index (χ1v) is 9.18. The van der Waals surface area contributed by atoms with Crippen molar-refractivity contribution in [3.63, 3.8) is 0 Å². The van der Waals surface area contributed by atoms with E-state index in [2.05, 4.69) is 21.0 Å². The Balaban J connectivity index is 1.60. The molecule has 2 bridgehead atoms. The van der Waals surface area contributed by atoms with Gasteiger partial charge in [0, 0.05) is 30.1 Å². The fraction of sp³-hybridized carbons (Fsp3) is 0.429. The zero-order chi connectivity index (χ0) is 18.8. The molecule has 6 nitrogen and oxygen atoms in total. The summed E-state index contributed by atoms with van der Waals surface area (Å²) in [7, 11) is 1.64. The summed E-state index contributed by atoms with van der Waals surface area (Å²) >= 11 is 0. The maximum Gasteiger partial charge on any atom is 0.177 e. The lowest BCUT2D eigenvalue weighted by Crippen LogP contribution is -2.55. The Morgan fingerprint density at radius 2 is 2.33 bits per heavy atom. The number of rotatable bonds is 5. The Morgan fingerprint density at radius 3 is 3.07 bits per heavy atom. The van der Waals surface area contributed by atoms with Crippen molar-refractivity contribution < 1.29 is 14.7 Å². The normalized spacial score (nSPS) is 26.7. The van der Waals surface area contributed by atoms with Gasteiger partial charge in [0.1, 0.15) is 5.75 Å². The summed E-state index contributed by atoms with van der Waals surface area (Å²) in [5.41, 5.74) is 2.77. The molecular weight excluding hydrogens is 342 g/mol. The molecule has 1 aromatic carbocycles. The summed E-state index contributed by atoms with van der Waals surface area (Å²) in [5.74, 6) is 3.51. The Bertz CT molecular complexity index is 905. The van der Waals surface area contributed by atoms with Gasteiger partial charge in [-0.1, -0.05) is 11.1 Å². The zero-order valence-corrected chi connectivity index (χ0v) is 15.3. The van der Waals surface area contributed by atoms with E-state index in [0.29, 0.717) is 12.5 Å². The third kappa shape index (κ3) is 3.36. The summed E-state index contributed by atoms with van der Waals surface area (Å²) in [6.07, 6.45) is 8.25. The topological polar surface area (TPSA) is 67.2 Å². The molecule has 3 saturated heterocycles. The number of aliphatic hydroxyl groups is 1. The fourth-order valence-corrected chi connectivity index (χ4v) is 4.21. The molecule has 5 rings (SSSR count). The molecule has 0 radical (unpaired) electrons. The number of benzene rings is 1. The van der Waals surface area contributed by atoms with Gasteiger partial charge in [-0.05, 0) is 49.2 Å². The number of hydrogen-bond donors (Lipinski definition) is 1. The molecule has 0 spiro atoms. The summed E-state index contributed by atoms with van der Waals surface area (Å²) in [4.78, 5) is 11.9. The molecule has 2 aromatic rings. The van der Waals surface area contributed by atoms with Gasteiger partial charge in [-0.2, -0.15) is 0 Å². The van der Waals surface area contributed by atoms with Crippen LogP contribution in [0.4, 0.5) is 0 Å². The average Bonchev–Trinajstić information content (AvgIpc) is 2.73. The number of methoxy groups -OCH3 is 1. The zero-order valence-electron chi connectivity index (χ0n) is 15.3. The minimum Gasteiger partial charge on any atom is -0.497 e. The maximum atomic E-state index is 11.2. The van der Waals surface area contributed by atoms with Crippen LogP contribution in [0.5, 0.6) is 5.75 Å². The molecule has 3 aliphatic rings. The van der Waals surface area contributed by atoms with E-state index < -0.39 is 6.10 Å². The number of pyridine rings is 1. The van der Waals surface area contributed by atoms with E-state index in [0.717, 1.165) is 47.3 Å². The predicted molar refractivity (Wildman–Crippen MR) is 104 cm³/mol. The standard InChI is InChI=1S/C21H23N3O3/c1-3-10-27-23-19-13-24-9-7-14(19)11-20(24)21(25)16-6-8-22-18-5-4-15(26-2)12-17(16)18/h1,4-6,8,12,14,20-21,25H,7,9-11,13H2,2H3/t14-,20-,21+/m0/s1. The molecule has 1 unspecified atom stereocenters. The van der Waals surface area contributed by atoms with Crippen LogP contribution in [0.1, 0.15) is 24.5 Å². The fourth-order valence-electron chi connectivity index (χ4n) is 4.21. The second-order valence-corrected chi connectivity index (χ2v) is 7.05. The van der Waals surface area contributed by atoms with Gasteiger partial charge in [-0.3, -0.25) is 9.88 Å². The highest BCUT2D eigenvalue weighted by molar-refractivity contribution is 5.90. The van der Waals surface area contributed by atoms with Gasteiger partial charge in [0.15, 0.2) is 6.61 Å². The van der Waals surface area contributed by atoms with Gasteiger partial charge < -0.3 is 14.7 Å². The lowest BCUT2D eigenvalue weighted by molar-refractivity contribution is 0.0104. The van der Waals surface area contributed by atoms with E-state index in [1.807, 2.05) is 24.3 Å². The smallest absolute Gasteiger partial charge is 0.177 e. The maximum absolute atomic E-state index is 11.2. The van der Waals surface area contributed by atoms with Crippen LogP contribution in [-0.4, -0.2) is 53.6 Å². The van der Waals surface area contributed by atoms with Crippen molar-refractivity contribution in [2.24, 2.45) is 11.1 Å². The Morgan fingerprint density at radius 1 is 1.44 bits per heavy atom. The number of oxime groups is 1. The van der Waals surface area contributed by atoms with E-state index in [1.165, 1.54) is 0 Å². The molecule has 140 valence electrons. The first-order valence-electron chi connectivity index (χ1n) is 9.18. The molecule has 1 N–H and O–H groups in total. The quantitative estimate of drug-likeness (QED) is 0.501. The largest absolute Gasteiger partial charge is 0.497 e.